The van der Waals surface area contributed by atoms with Gasteiger partial charge in [-0.2, -0.15) is 5.10 Å². The maximum absolute atomic E-state index is 6.03. The fourth-order valence-electron chi connectivity index (χ4n) is 2.80. The largest absolute Gasteiger partial charge is 0.374 e. The lowest BCUT2D eigenvalue weighted by molar-refractivity contribution is 0.0302. The molecule has 4 nitrogen and oxygen atoms in total. The highest BCUT2D eigenvalue weighted by molar-refractivity contribution is 5.04. The first-order valence-corrected chi connectivity index (χ1v) is 7.55. The Bertz CT molecular complexity index is 377. The van der Waals surface area contributed by atoms with Gasteiger partial charge < -0.3 is 10.1 Å². The van der Waals surface area contributed by atoms with Gasteiger partial charge in [0.1, 0.15) is 0 Å². The first-order valence-electron chi connectivity index (χ1n) is 7.55. The van der Waals surface area contributed by atoms with E-state index in [9.17, 15) is 0 Å². The van der Waals surface area contributed by atoms with Crippen molar-refractivity contribution >= 4 is 0 Å². The van der Waals surface area contributed by atoms with Gasteiger partial charge in [0.2, 0.25) is 0 Å². The zero-order chi connectivity index (χ0) is 13.7. The highest BCUT2D eigenvalue weighted by Crippen LogP contribution is 2.24. The van der Waals surface area contributed by atoms with Gasteiger partial charge in [0.05, 0.1) is 18.4 Å². The summed E-state index contributed by atoms with van der Waals surface area (Å²) in [6.07, 6.45) is 10.6. The molecule has 3 unspecified atom stereocenters. The number of aryl methyl sites for hydroxylation is 2. The van der Waals surface area contributed by atoms with E-state index in [1.54, 1.807) is 0 Å². The molecule has 4 heteroatoms. The van der Waals surface area contributed by atoms with Crippen LogP contribution in [0.25, 0.3) is 0 Å². The quantitative estimate of drug-likeness (QED) is 0.822. The molecule has 108 valence electrons. The SMILES string of the molecule is CCCNC(CCc1cnn(C)c1)C1CCC(C)O1. The number of nitrogens with one attached hydrogen (secondary N) is 1. The Morgan fingerprint density at radius 2 is 2.37 bits per heavy atom. The minimum atomic E-state index is 0.387. The molecule has 1 aromatic heterocycles. The van der Waals surface area contributed by atoms with Gasteiger partial charge in [-0.3, -0.25) is 4.68 Å². The Kier molecular flexibility index (Phi) is 5.40. The summed E-state index contributed by atoms with van der Waals surface area (Å²) in [5.41, 5.74) is 1.32. The van der Waals surface area contributed by atoms with Gasteiger partial charge in [-0.05, 0) is 51.1 Å². The molecule has 0 aromatic carbocycles. The van der Waals surface area contributed by atoms with Gasteiger partial charge in [0.25, 0.3) is 0 Å². The third kappa shape index (κ3) is 4.32. The molecule has 1 aromatic rings. The summed E-state index contributed by atoms with van der Waals surface area (Å²) in [7, 11) is 1.97. The minimum Gasteiger partial charge on any atom is -0.374 e. The highest BCUT2D eigenvalue weighted by Gasteiger charge is 2.28. The molecule has 1 aliphatic rings. The molecule has 0 bridgehead atoms. The smallest absolute Gasteiger partial charge is 0.0732 e. The molecule has 0 spiro atoms. The van der Waals surface area contributed by atoms with Crippen molar-refractivity contribution in [3.63, 3.8) is 0 Å². The Labute approximate surface area is 116 Å². The average Bonchev–Trinajstić information content (AvgIpc) is 2.99. The highest BCUT2D eigenvalue weighted by atomic mass is 16.5. The van der Waals surface area contributed by atoms with Crippen molar-refractivity contribution in [3.8, 4) is 0 Å². The molecule has 2 heterocycles. The Balaban J connectivity index is 1.86. The summed E-state index contributed by atoms with van der Waals surface area (Å²) >= 11 is 0. The van der Waals surface area contributed by atoms with Crippen LogP contribution in [-0.4, -0.2) is 34.6 Å². The van der Waals surface area contributed by atoms with Crippen LogP contribution in [0.15, 0.2) is 12.4 Å². The fraction of sp³-hybridized carbons (Fsp3) is 0.800. The Morgan fingerprint density at radius 3 is 2.95 bits per heavy atom. The van der Waals surface area contributed by atoms with E-state index in [1.165, 1.54) is 24.8 Å². The van der Waals surface area contributed by atoms with Crippen molar-refractivity contribution in [1.29, 1.82) is 0 Å². The van der Waals surface area contributed by atoms with Crippen molar-refractivity contribution in [3.05, 3.63) is 18.0 Å². The molecule has 1 aliphatic heterocycles. The fourth-order valence-corrected chi connectivity index (χ4v) is 2.80. The van der Waals surface area contributed by atoms with Gasteiger partial charge in [-0.1, -0.05) is 6.92 Å². The van der Waals surface area contributed by atoms with Crippen molar-refractivity contribution in [2.24, 2.45) is 7.05 Å². The lowest BCUT2D eigenvalue weighted by atomic mass is 10.0. The van der Waals surface area contributed by atoms with Crippen LogP contribution in [-0.2, 0) is 18.2 Å². The summed E-state index contributed by atoms with van der Waals surface area (Å²) in [4.78, 5) is 0. The maximum atomic E-state index is 6.03. The third-order valence-electron chi connectivity index (χ3n) is 3.87. The lowest BCUT2D eigenvalue weighted by Crippen LogP contribution is -2.40. The summed E-state index contributed by atoms with van der Waals surface area (Å²) < 4.78 is 7.90. The van der Waals surface area contributed by atoms with E-state index >= 15 is 0 Å². The van der Waals surface area contributed by atoms with Gasteiger partial charge in [-0.25, -0.2) is 0 Å². The average molecular weight is 265 g/mol. The van der Waals surface area contributed by atoms with E-state index in [2.05, 4.69) is 30.5 Å². The van der Waals surface area contributed by atoms with Crippen molar-refractivity contribution < 1.29 is 4.74 Å². The molecule has 1 N–H and O–H groups in total. The molecule has 0 amide bonds. The number of ether oxygens (including phenoxy) is 1. The third-order valence-corrected chi connectivity index (χ3v) is 3.87. The number of aromatic nitrogens is 2. The molecular weight excluding hydrogens is 238 g/mol. The number of hydrogen-bond acceptors (Lipinski definition) is 3. The number of rotatable bonds is 7. The van der Waals surface area contributed by atoms with E-state index in [0.29, 0.717) is 18.2 Å². The predicted octanol–water partition coefficient (Wildman–Crippen LogP) is 2.29. The van der Waals surface area contributed by atoms with Gasteiger partial charge in [-0.15, -0.1) is 0 Å². The molecule has 3 atom stereocenters. The molecule has 0 saturated carbocycles. The van der Waals surface area contributed by atoms with E-state index < -0.39 is 0 Å². The molecule has 1 saturated heterocycles. The topological polar surface area (TPSA) is 39.1 Å². The van der Waals surface area contributed by atoms with Crippen molar-refractivity contribution in [2.75, 3.05) is 6.54 Å². The van der Waals surface area contributed by atoms with Crippen LogP contribution >= 0.6 is 0 Å². The lowest BCUT2D eigenvalue weighted by Gasteiger charge is -2.24. The zero-order valence-electron chi connectivity index (χ0n) is 12.4. The molecule has 1 fully saturated rings. The molecule has 0 aliphatic carbocycles. The molecule has 19 heavy (non-hydrogen) atoms. The van der Waals surface area contributed by atoms with E-state index in [-0.39, 0.29) is 0 Å². The summed E-state index contributed by atoms with van der Waals surface area (Å²) in [6, 6.07) is 0.477. The second-order valence-electron chi connectivity index (χ2n) is 5.68. The van der Waals surface area contributed by atoms with Gasteiger partial charge in [0, 0.05) is 19.3 Å². The van der Waals surface area contributed by atoms with Crippen LogP contribution in [0.3, 0.4) is 0 Å². The van der Waals surface area contributed by atoms with Crippen LogP contribution in [0.2, 0.25) is 0 Å². The van der Waals surface area contributed by atoms with Gasteiger partial charge >= 0.3 is 0 Å². The summed E-state index contributed by atoms with van der Waals surface area (Å²) in [5.74, 6) is 0. The summed E-state index contributed by atoms with van der Waals surface area (Å²) in [6.45, 7) is 5.47. The first-order chi connectivity index (χ1) is 9.19. The van der Waals surface area contributed by atoms with Crippen LogP contribution in [0, 0.1) is 0 Å². The Hall–Kier alpha value is -0.870. The van der Waals surface area contributed by atoms with Crippen molar-refractivity contribution in [2.45, 2.75) is 64.2 Å². The Morgan fingerprint density at radius 1 is 1.53 bits per heavy atom. The number of nitrogens with zero attached hydrogens (tertiary/aromatic N) is 2. The standard InChI is InChI=1S/C15H27N3O/c1-4-9-16-14(15-8-5-12(2)19-15)7-6-13-10-17-18(3)11-13/h10-12,14-16H,4-9H2,1-3H3. The maximum Gasteiger partial charge on any atom is 0.0732 e. The summed E-state index contributed by atoms with van der Waals surface area (Å²) in [5, 5.41) is 7.89. The molecule has 0 radical (unpaired) electrons. The number of hydrogen-bond donors (Lipinski definition) is 1. The van der Waals surface area contributed by atoms with E-state index in [4.69, 9.17) is 4.74 Å². The van der Waals surface area contributed by atoms with Gasteiger partial charge in [0.15, 0.2) is 0 Å². The second kappa shape index (κ2) is 7.06. The van der Waals surface area contributed by atoms with Crippen LogP contribution < -0.4 is 5.32 Å². The monoisotopic (exact) mass is 265 g/mol. The molecular formula is C15H27N3O. The van der Waals surface area contributed by atoms with Crippen LogP contribution in [0.1, 0.15) is 45.1 Å². The van der Waals surface area contributed by atoms with E-state index in [0.717, 1.165) is 19.4 Å². The van der Waals surface area contributed by atoms with Crippen LogP contribution in [0.4, 0.5) is 0 Å². The van der Waals surface area contributed by atoms with E-state index in [1.807, 2.05) is 17.9 Å². The minimum absolute atomic E-state index is 0.387. The second-order valence-corrected chi connectivity index (χ2v) is 5.68. The van der Waals surface area contributed by atoms with Crippen molar-refractivity contribution in [1.82, 2.24) is 15.1 Å². The van der Waals surface area contributed by atoms with Crippen LogP contribution in [0.5, 0.6) is 0 Å². The molecule has 2 rings (SSSR count). The zero-order valence-corrected chi connectivity index (χ0v) is 12.4. The first kappa shape index (κ1) is 14.5. The normalized spacial score (nSPS) is 24.8. The predicted molar refractivity (Wildman–Crippen MR) is 77.2 cm³/mol.